The van der Waals surface area contributed by atoms with Crippen LogP contribution in [0.4, 0.5) is 5.82 Å². The van der Waals surface area contributed by atoms with Gasteiger partial charge in [0.15, 0.2) is 0 Å². The highest BCUT2D eigenvalue weighted by atomic mass is 16.3. The standard InChI is InChI=1S/C15H18N2O/c18-14-7-5-13(6-8-14)17-15-9-11-3-1-2-4-12(11)10-16-15/h1-4,9-10,13-14,18H,5-8H2,(H,16,17). The molecule has 0 atom stereocenters. The van der Waals surface area contributed by atoms with Crippen molar-refractivity contribution in [1.29, 1.82) is 0 Å². The van der Waals surface area contributed by atoms with Gasteiger partial charge in [0.25, 0.3) is 0 Å². The van der Waals surface area contributed by atoms with Crippen LogP contribution in [0, 0.1) is 0 Å². The molecule has 1 fully saturated rings. The Morgan fingerprint density at radius 3 is 2.56 bits per heavy atom. The summed E-state index contributed by atoms with van der Waals surface area (Å²) in [6, 6.07) is 10.8. The van der Waals surface area contributed by atoms with Gasteiger partial charge in [0.05, 0.1) is 6.10 Å². The van der Waals surface area contributed by atoms with E-state index >= 15 is 0 Å². The number of hydrogen-bond donors (Lipinski definition) is 2. The largest absolute Gasteiger partial charge is 0.393 e. The van der Waals surface area contributed by atoms with E-state index in [0.717, 1.165) is 31.5 Å². The highest BCUT2D eigenvalue weighted by molar-refractivity contribution is 5.83. The maximum atomic E-state index is 9.49. The molecule has 0 unspecified atom stereocenters. The first-order valence-electron chi connectivity index (χ1n) is 6.61. The monoisotopic (exact) mass is 242 g/mol. The van der Waals surface area contributed by atoms with Crippen molar-refractivity contribution >= 4 is 16.6 Å². The summed E-state index contributed by atoms with van der Waals surface area (Å²) in [6.07, 6.45) is 5.64. The molecule has 0 amide bonds. The summed E-state index contributed by atoms with van der Waals surface area (Å²) in [7, 11) is 0. The summed E-state index contributed by atoms with van der Waals surface area (Å²) >= 11 is 0. The number of aliphatic hydroxyl groups excluding tert-OH is 1. The fraction of sp³-hybridized carbons (Fsp3) is 0.400. The van der Waals surface area contributed by atoms with Crippen molar-refractivity contribution in [1.82, 2.24) is 4.98 Å². The van der Waals surface area contributed by atoms with Crippen LogP contribution in [-0.4, -0.2) is 22.2 Å². The van der Waals surface area contributed by atoms with Gasteiger partial charge >= 0.3 is 0 Å². The number of aliphatic hydroxyl groups is 1. The van der Waals surface area contributed by atoms with Crippen LogP contribution >= 0.6 is 0 Å². The van der Waals surface area contributed by atoms with Gasteiger partial charge in [-0.2, -0.15) is 0 Å². The minimum absolute atomic E-state index is 0.104. The molecule has 1 aromatic carbocycles. The SMILES string of the molecule is OC1CCC(Nc2cc3ccccc3cn2)CC1. The highest BCUT2D eigenvalue weighted by Gasteiger charge is 2.19. The van der Waals surface area contributed by atoms with E-state index in [1.165, 1.54) is 10.8 Å². The van der Waals surface area contributed by atoms with Gasteiger partial charge in [0.1, 0.15) is 5.82 Å². The number of hydrogen-bond acceptors (Lipinski definition) is 3. The van der Waals surface area contributed by atoms with Crippen molar-refractivity contribution in [3.05, 3.63) is 36.5 Å². The van der Waals surface area contributed by atoms with Crippen molar-refractivity contribution in [2.75, 3.05) is 5.32 Å². The van der Waals surface area contributed by atoms with E-state index in [1.54, 1.807) is 0 Å². The zero-order valence-corrected chi connectivity index (χ0v) is 10.3. The molecule has 1 heterocycles. The van der Waals surface area contributed by atoms with Gasteiger partial charge in [-0.3, -0.25) is 0 Å². The Bertz CT molecular complexity index is 533. The molecule has 2 aromatic rings. The topological polar surface area (TPSA) is 45.1 Å². The average Bonchev–Trinajstić information content (AvgIpc) is 2.41. The Morgan fingerprint density at radius 1 is 1.06 bits per heavy atom. The van der Waals surface area contributed by atoms with Crippen LogP contribution in [0.2, 0.25) is 0 Å². The minimum Gasteiger partial charge on any atom is -0.393 e. The van der Waals surface area contributed by atoms with E-state index in [1.807, 2.05) is 18.3 Å². The number of nitrogens with one attached hydrogen (secondary N) is 1. The van der Waals surface area contributed by atoms with Crippen LogP contribution in [0.15, 0.2) is 36.5 Å². The summed E-state index contributed by atoms with van der Waals surface area (Å²) in [5, 5.41) is 15.3. The Morgan fingerprint density at radius 2 is 1.78 bits per heavy atom. The quantitative estimate of drug-likeness (QED) is 0.851. The molecule has 2 N–H and O–H groups in total. The van der Waals surface area contributed by atoms with Crippen molar-refractivity contribution in [2.24, 2.45) is 0 Å². The first kappa shape index (κ1) is 11.5. The lowest BCUT2D eigenvalue weighted by molar-refractivity contribution is 0.126. The zero-order valence-electron chi connectivity index (χ0n) is 10.3. The lowest BCUT2D eigenvalue weighted by atomic mass is 9.93. The van der Waals surface area contributed by atoms with Crippen molar-refractivity contribution in [3.63, 3.8) is 0 Å². The highest BCUT2D eigenvalue weighted by Crippen LogP contribution is 2.23. The Labute approximate surface area is 107 Å². The van der Waals surface area contributed by atoms with E-state index in [2.05, 4.69) is 28.5 Å². The van der Waals surface area contributed by atoms with Gasteiger partial charge < -0.3 is 10.4 Å². The normalized spacial score (nSPS) is 24.1. The molecule has 3 nitrogen and oxygen atoms in total. The van der Waals surface area contributed by atoms with Gasteiger partial charge in [-0.1, -0.05) is 24.3 Å². The van der Waals surface area contributed by atoms with Gasteiger partial charge in [-0.25, -0.2) is 4.98 Å². The third-order valence-electron chi connectivity index (χ3n) is 3.68. The number of nitrogens with zero attached hydrogens (tertiary/aromatic N) is 1. The molecule has 3 rings (SSSR count). The zero-order chi connectivity index (χ0) is 12.4. The van der Waals surface area contributed by atoms with E-state index in [4.69, 9.17) is 0 Å². The van der Waals surface area contributed by atoms with Crippen molar-refractivity contribution < 1.29 is 5.11 Å². The first-order valence-corrected chi connectivity index (χ1v) is 6.61. The predicted molar refractivity (Wildman–Crippen MR) is 73.6 cm³/mol. The third-order valence-corrected chi connectivity index (χ3v) is 3.68. The minimum atomic E-state index is -0.104. The summed E-state index contributed by atoms with van der Waals surface area (Å²) in [6.45, 7) is 0. The molecule has 1 aliphatic rings. The van der Waals surface area contributed by atoms with Crippen LogP contribution in [0.1, 0.15) is 25.7 Å². The second-order valence-corrected chi connectivity index (χ2v) is 5.07. The summed E-state index contributed by atoms with van der Waals surface area (Å²) in [5.74, 6) is 0.940. The molecule has 0 saturated heterocycles. The molecular weight excluding hydrogens is 224 g/mol. The van der Waals surface area contributed by atoms with Gasteiger partial charge in [-0.15, -0.1) is 0 Å². The van der Waals surface area contributed by atoms with Crippen LogP contribution in [0.25, 0.3) is 10.8 Å². The molecule has 1 saturated carbocycles. The fourth-order valence-electron chi connectivity index (χ4n) is 2.59. The number of fused-ring (bicyclic) bond motifs is 1. The number of benzene rings is 1. The van der Waals surface area contributed by atoms with E-state index < -0.39 is 0 Å². The lowest BCUT2D eigenvalue weighted by Gasteiger charge is -2.26. The first-order chi connectivity index (χ1) is 8.81. The summed E-state index contributed by atoms with van der Waals surface area (Å²) < 4.78 is 0. The maximum absolute atomic E-state index is 9.49. The summed E-state index contributed by atoms with van der Waals surface area (Å²) in [4.78, 5) is 4.45. The Balaban J connectivity index is 1.74. The molecule has 1 aliphatic carbocycles. The summed E-state index contributed by atoms with van der Waals surface area (Å²) in [5.41, 5.74) is 0. The van der Waals surface area contributed by atoms with Crippen LogP contribution in [0.5, 0.6) is 0 Å². The van der Waals surface area contributed by atoms with Crippen molar-refractivity contribution in [3.8, 4) is 0 Å². The van der Waals surface area contributed by atoms with Crippen LogP contribution < -0.4 is 5.32 Å². The van der Waals surface area contributed by atoms with E-state index in [0.29, 0.717) is 6.04 Å². The van der Waals surface area contributed by atoms with Gasteiger partial charge in [0, 0.05) is 17.6 Å². The molecule has 0 bridgehead atoms. The van der Waals surface area contributed by atoms with Gasteiger partial charge in [0.2, 0.25) is 0 Å². The second-order valence-electron chi connectivity index (χ2n) is 5.07. The van der Waals surface area contributed by atoms with Crippen LogP contribution in [-0.2, 0) is 0 Å². The average molecular weight is 242 g/mol. The molecule has 0 aliphatic heterocycles. The number of anilines is 1. The lowest BCUT2D eigenvalue weighted by Crippen LogP contribution is -2.28. The molecule has 0 radical (unpaired) electrons. The Kier molecular flexibility index (Phi) is 3.15. The van der Waals surface area contributed by atoms with E-state index in [9.17, 15) is 5.11 Å². The number of aromatic nitrogens is 1. The number of pyridine rings is 1. The smallest absolute Gasteiger partial charge is 0.126 e. The second kappa shape index (κ2) is 4.94. The molecule has 3 heteroatoms. The molecular formula is C15H18N2O. The van der Waals surface area contributed by atoms with Crippen LogP contribution in [0.3, 0.4) is 0 Å². The maximum Gasteiger partial charge on any atom is 0.126 e. The molecule has 94 valence electrons. The van der Waals surface area contributed by atoms with Gasteiger partial charge in [-0.05, 0) is 37.1 Å². The molecule has 0 spiro atoms. The van der Waals surface area contributed by atoms with Crippen molar-refractivity contribution in [2.45, 2.75) is 37.8 Å². The van der Waals surface area contributed by atoms with E-state index in [-0.39, 0.29) is 6.10 Å². The number of rotatable bonds is 2. The Hall–Kier alpha value is -1.61. The third kappa shape index (κ3) is 2.46. The fourth-order valence-corrected chi connectivity index (χ4v) is 2.59. The molecule has 1 aromatic heterocycles. The predicted octanol–water partition coefficient (Wildman–Crippen LogP) is 2.95. The molecule has 18 heavy (non-hydrogen) atoms.